The molecule has 2 heterocycles. The van der Waals surface area contributed by atoms with Crippen LogP contribution in [0.4, 0.5) is 0 Å². The maximum absolute atomic E-state index is 13.4. The maximum Gasteiger partial charge on any atom is 0.336 e. The number of carbonyl (C=O) groups excluding carboxylic acids is 2. The zero-order valence-electron chi connectivity index (χ0n) is 21.1. The van der Waals surface area contributed by atoms with Crippen LogP contribution >= 0.6 is 0 Å². The molecule has 1 aliphatic rings. The van der Waals surface area contributed by atoms with Gasteiger partial charge in [0.15, 0.2) is 0 Å². The van der Waals surface area contributed by atoms with Gasteiger partial charge in [-0.25, -0.2) is 9.59 Å². The van der Waals surface area contributed by atoms with Crippen LogP contribution in [0.5, 0.6) is 0 Å². The zero-order chi connectivity index (χ0) is 26.5. The van der Waals surface area contributed by atoms with Crippen LogP contribution in [-0.2, 0) is 23.8 Å². The Labute approximate surface area is 213 Å². The van der Waals surface area contributed by atoms with Crippen molar-refractivity contribution in [1.82, 2.24) is 5.32 Å². The number of ether oxygens (including phenoxy) is 3. The van der Waals surface area contributed by atoms with Crippen molar-refractivity contribution in [2.24, 2.45) is 5.73 Å². The van der Waals surface area contributed by atoms with E-state index in [1.54, 1.807) is 63.2 Å². The van der Waals surface area contributed by atoms with Crippen molar-refractivity contribution >= 4 is 33.9 Å². The topological polar surface area (TPSA) is 130 Å². The van der Waals surface area contributed by atoms with Crippen LogP contribution in [-0.4, -0.2) is 44.9 Å². The van der Waals surface area contributed by atoms with Crippen LogP contribution in [0.1, 0.15) is 32.3 Å². The van der Waals surface area contributed by atoms with E-state index in [1.165, 1.54) is 0 Å². The molecule has 37 heavy (non-hydrogen) atoms. The molecule has 4 rings (SSSR count). The second-order valence-electron chi connectivity index (χ2n) is 8.42. The van der Waals surface area contributed by atoms with Gasteiger partial charge >= 0.3 is 11.9 Å². The van der Waals surface area contributed by atoms with Gasteiger partial charge in [-0.15, -0.1) is 0 Å². The largest absolute Gasteiger partial charge is 0.463 e. The lowest BCUT2D eigenvalue weighted by molar-refractivity contribution is -0.139. The molecule has 0 saturated heterocycles. The van der Waals surface area contributed by atoms with Crippen molar-refractivity contribution in [3.63, 3.8) is 0 Å². The van der Waals surface area contributed by atoms with Gasteiger partial charge in [-0.05, 0) is 39.0 Å². The van der Waals surface area contributed by atoms with E-state index in [2.05, 4.69) is 5.32 Å². The summed E-state index contributed by atoms with van der Waals surface area (Å²) in [6.45, 7) is 6.00. The lowest BCUT2D eigenvalue weighted by Crippen LogP contribution is -2.35. The molecule has 9 nitrogen and oxygen atoms in total. The molecule has 9 heteroatoms. The first-order valence-electron chi connectivity index (χ1n) is 12.2. The van der Waals surface area contributed by atoms with Gasteiger partial charge in [0, 0.05) is 17.8 Å². The van der Waals surface area contributed by atoms with Crippen LogP contribution in [0, 0.1) is 0 Å². The first-order chi connectivity index (χ1) is 17.9. The minimum Gasteiger partial charge on any atom is -0.463 e. The van der Waals surface area contributed by atoms with Crippen molar-refractivity contribution in [2.75, 3.05) is 33.0 Å². The van der Waals surface area contributed by atoms with Gasteiger partial charge in [0.05, 0.1) is 60.0 Å². The van der Waals surface area contributed by atoms with Crippen LogP contribution in [0.2, 0.25) is 0 Å². The Hall–Kier alpha value is -3.95. The van der Waals surface area contributed by atoms with Crippen molar-refractivity contribution in [3.8, 4) is 0 Å². The molecule has 0 saturated carbocycles. The van der Waals surface area contributed by atoms with Gasteiger partial charge in [0.2, 0.25) is 5.43 Å². The summed E-state index contributed by atoms with van der Waals surface area (Å²) in [4.78, 5) is 40.0. The van der Waals surface area contributed by atoms with Gasteiger partial charge in [0.25, 0.3) is 0 Å². The molecule has 1 atom stereocenters. The zero-order valence-corrected chi connectivity index (χ0v) is 21.1. The lowest BCUT2D eigenvalue weighted by Gasteiger charge is -2.31. The number of dihydropyridines is 1. The molecule has 1 aromatic heterocycles. The number of nitrogens with two attached hydrogens (primary N) is 1. The van der Waals surface area contributed by atoms with Gasteiger partial charge in [0.1, 0.15) is 11.2 Å². The van der Waals surface area contributed by atoms with Crippen LogP contribution in [0.25, 0.3) is 21.9 Å². The predicted octanol–water partition coefficient (Wildman–Crippen LogP) is 3.26. The highest BCUT2D eigenvalue weighted by Crippen LogP contribution is 2.42. The summed E-state index contributed by atoms with van der Waals surface area (Å²) in [6, 6.07) is 12.0. The van der Waals surface area contributed by atoms with E-state index < -0.39 is 17.9 Å². The van der Waals surface area contributed by atoms with Crippen molar-refractivity contribution in [1.29, 1.82) is 0 Å². The van der Waals surface area contributed by atoms with E-state index in [-0.39, 0.29) is 48.6 Å². The average molecular weight is 507 g/mol. The van der Waals surface area contributed by atoms with Crippen molar-refractivity contribution in [2.45, 2.75) is 26.7 Å². The van der Waals surface area contributed by atoms with Gasteiger partial charge in [-0.3, -0.25) is 4.79 Å². The molecule has 2 aromatic carbocycles. The quantitative estimate of drug-likeness (QED) is 0.255. The minimum absolute atomic E-state index is 0.0347. The van der Waals surface area contributed by atoms with E-state index in [0.29, 0.717) is 39.9 Å². The molecule has 1 unspecified atom stereocenters. The molecule has 0 bridgehead atoms. The second kappa shape index (κ2) is 11.4. The second-order valence-corrected chi connectivity index (χ2v) is 8.42. The molecule has 0 amide bonds. The van der Waals surface area contributed by atoms with Crippen LogP contribution < -0.4 is 16.5 Å². The summed E-state index contributed by atoms with van der Waals surface area (Å²) >= 11 is 0. The monoisotopic (exact) mass is 506 g/mol. The molecule has 0 radical (unpaired) electrons. The van der Waals surface area contributed by atoms with Gasteiger partial charge in [-0.1, -0.05) is 24.3 Å². The smallest absolute Gasteiger partial charge is 0.336 e. The average Bonchev–Trinajstić information content (AvgIpc) is 2.88. The van der Waals surface area contributed by atoms with Gasteiger partial charge < -0.3 is 29.7 Å². The molecular formula is C28H30N2O7. The highest BCUT2D eigenvalue weighted by Gasteiger charge is 2.40. The predicted molar refractivity (Wildman–Crippen MR) is 139 cm³/mol. The summed E-state index contributed by atoms with van der Waals surface area (Å²) in [5.41, 5.74) is 7.82. The Bertz CT molecular complexity index is 1470. The first kappa shape index (κ1) is 26.1. The number of fused-ring (bicyclic) bond motifs is 2. The standard InChI is InChI=1S/C28H30N2O7/c1-4-35-27(32)22-16(3)30-20(15-34-14-13-29)24(28(33)36-5-2)23(22)18-10-8-11-19-25(31)17-9-6-7-12-21(17)37-26(18)19/h6-12,23,30H,4-5,13-15,29H2,1-3H3. The third-order valence-corrected chi connectivity index (χ3v) is 6.09. The number of carbonyl (C=O) groups is 2. The molecular weight excluding hydrogens is 476 g/mol. The molecule has 0 aliphatic carbocycles. The number of para-hydroxylation sites is 2. The van der Waals surface area contributed by atoms with Crippen molar-refractivity contribution < 1.29 is 28.2 Å². The number of esters is 2. The summed E-state index contributed by atoms with van der Waals surface area (Å²) in [5, 5.41) is 3.91. The molecule has 194 valence electrons. The molecule has 0 spiro atoms. The first-order valence-corrected chi connectivity index (χ1v) is 12.2. The number of rotatable bonds is 9. The van der Waals surface area contributed by atoms with E-state index in [9.17, 15) is 14.4 Å². The number of hydrogen-bond donors (Lipinski definition) is 2. The Morgan fingerprint density at radius 2 is 1.65 bits per heavy atom. The van der Waals surface area contributed by atoms with E-state index >= 15 is 0 Å². The molecule has 1 aliphatic heterocycles. The van der Waals surface area contributed by atoms with Crippen LogP contribution in [0.3, 0.4) is 0 Å². The normalized spacial score (nSPS) is 15.7. The van der Waals surface area contributed by atoms with Crippen LogP contribution in [0.15, 0.2) is 74.2 Å². The van der Waals surface area contributed by atoms with E-state index in [1.807, 2.05) is 0 Å². The number of hydrogen-bond acceptors (Lipinski definition) is 9. The lowest BCUT2D eigenvalue weighted by atomic mass is 9.79. The maximum atomic E-state index is 13.4. The Morgan fingerprint density at radius 1 is 0.973 bits per heavy atom. The number of benzene rings is 2. The fourth-order valence-electron chi connectivity index (χ4n) is 4.58. The molecule has 3 aromatic rings. The highest BCUT2D eigenvalue weighted by atomic mass is 16.5. The molecule has 3 N–H and O–H groups in total. The summed E-state index contributed by atoms with van der Waals surface area (Å²) < 4.78 is 22.7. The Kier molecular flexibility index (Phi) is 8.05. The number of allylic oxidation sites excluding steroid dienone is 1. The third-order valence-electron chi connectivity index (χ3n) is 6.09. The van der Waals surface area contributed by atoms with E-state index in [4.69, 9.17) is 24.4 Å². The molecule has 0 fully saturated rings. The minimum atomic E-state index is -0.941. The Balaban J connectivity index is 2.04. The Morgan fingerprint density at radius 3 is 2.35 bits per heavy atom. The van der Waals surface area contributed by atoms with Gasteiger partial charge in [-0.2, -0.15) is 0 Å². The summed E-state index contributed by atoms with van der Waals surface area (Å²) in [5.74, 6) is -2.16. The van der Waals surface area contributed by atoms with Crippen molar-refractivity contribution in [3.05, 3.63) is 80.8 Å². The fraction of sp³-hybridized carbons (Fsp3) is 0.321. The van der Waals surface area contributed by atoms with E-state index in [0.717, 1.165) is 0 Å². The summed E-state index contributed by atoms with van der Waals surface area (Å²) in [6.07, 6.45) is 0. The fourth-order valence-corrected chi connectivity index (χ4v) is 4.58. The SMILES string of the molecule is CCOC(=O)C1=C(C)NC(COCCN)=C(C(=O)OCC)C1c1cccc2c(=O)c3ccccc3oc12. The number of nitrogens with one attached hydrogen (secondary N) is 1. The highest BCUT2D eigenvalue weighted by molar-refractivity contribution is 6.02. The summed E-state index contributed by atoms with van der Waals surface area (Å²) in [7, 11) is 0. The third kappa shape index (κ3) is 5.00.